The van der Waals surface area contributed by atoms with E-state index in [1.165, 1.54) is 4.31 Å². The van der Waals surface area contributed by atoms with E-state index in [2.05, 4.69) is 21.2 Å². The van der Waals surface area contributed by atoms with E-state index in [0.717, 1.165) is 13.0 Å². The van der Waals surface area contributed by atoms with Crippen molar-refractivity contribution in [2.75, 3.05) is 26.7 Å². The number of nitrogens with one attached hydrogen (secondary N) is 1. The third-order valence-corrected chi connectivity index (χ3v) is 6.58. The average Bonchev–Trinajstić information content (AvgIpc) is 2.78. The van der Waals surface area contributed by atoms with E-state index in [9.17, 15) is 8.42 Å². The second kappa shape index (κ2) is 6.10. The lowest BCUT2D eigenvalue weighted by molar-refractivity contribution is 0.451. The van der Waals surface area contributed by atoms with Gasteiger partial charge in [-0.1, -0.05) is 17.7 Å². The van der Waals surface area contributed by atoms with Crippen LogP contribution in [0, 0.1) is 5.92 Å². The smallest absolute Gasteiger partial charge is 0.245 e. The molecule has 19 heavy (non-hydrogen) atoms. The molecule has 0 aromatic heterocycles. The number of halogens is 2. The maximum absolute atomic E-state index is 12.6. The largest absolute Gasteiger partial charge is 0.319 e. The van der Waals surface area contributed by atoms with Crippen molar-refractivity contribution in [1.29, 1.82) is 0 Å². The number of hydrogen-bond acceptors (Lipinski definition) is 3. The van der Waals surface area contributed by atoms with Gasteiger partial charge in [-0.3, -0.25) is 0 Å². The molecule has 1 aliphatic rings. The maximum Gasteiger partial charge on any atom is 0.245 e. The van der Waals surface area contributed by atoms with Crippen molar-refractivity contribution in [3.8, 4) is 0 Å². The fourth-order valence-electron chi connectivity index (χ4n) is 2.33. The molecule has 0 saturated carbocycles. The van der Waals surface area contributed by atoms with Crippen molar-refractivity contribution in [2.45, 2.75) is 11.3 Å². The van der Waals surface area contributed by atoms with Gasteiger partial charge in [0, 0.05) is 17.6 Å². The molecule has 0 amide bonds. The zero-order valence-corrected chi connectivity index (χ0v) is 13.7. The third-order valence-electron chi connectivity index (χ3n) is 3.26. The van der Waals surface area contributed by atoms with E-state index in [0.29, 0.717) is 23.5 Å². The van der Waals surface area contributed by atoms with Crippen molar-refractivity contribution in [2.24, 2.45) is 5.92 Å². The highest BCUT2D eigenvalue weighted by atomic mass is 79.9. The van der Waals surface area contributed by atoms with Crippen LogP contribution >= 0.6 is 27.5 Å². The van der Waals surface area contributed by atoms with Gasteiger partial charge < -0.3 is 5.32 Å². The quantitative estimate of drug-likeness (QED) is 0.888. The third kappa shape index (κ3) is 3.13. The molecule has 1 saturated heterocycles. The molecule has 1 heterocycles. The Kier molecular flexibility index (Phi) is 4.89. The Bertz CT molecular complexity index is 545. The van der Waals surface area contributed by atoms with Crippen LogP contribution in [0.2, 0.25) is 5.02 Å². The summed E-state index contributed by atoms with van der Waals surface area (Å²) < 4.78 is 27.3. The molecule has 0 bridgehead atoms. The lowest BCUT2D eigenvalue weighted by Gasteiger charge is -2.18. The van der Waals surface area contributed by atoms with Gasteiger partial charge in [-0.25, -0.2) is 8.42 Å². The molecule has 4 nitrogen and oxygen atoms in total. The van der Waals surface area contributed by atoms with Gasteiger partial charge in [-0.05, 0) is 54.0 Å². The molecule has 1 unspecified atom stereocenters. The van der Waals surface area contributed by atoms with E-state index in [1.807, 2.05) is 7.05 Å². The van der Waals surface area contributed by atoms with Crippen LogP contribution in [0.5, 0.6) is 0 Å². The standard InChI is InChI=1S/C12H16BrClN2O2S/c1-15-7-9-5-6-16(8-9)19(17,18)12-10(13)3-2-4-11(12)14/h2-4,9,15H,5-8H2,1H3. The highest BCUT2D eigenvalue weighted by Crippen LogP contribution is 2.33. The Morgan fingerprint density at radius 1 is 1.53 bits per heavy atom. The minimum Gasteiger partial charge on any atom is -0.319 e. The molecular formula is C12H16BrClN2O2S. The Balaban J connectivity index is 2.29. The summed E-state index contributed by atoms with van der Waals surface area (Å²) in [5.74, 6) is 0.362. The Morgan fingerprint density at radius 3 is 2.89 bits per heavy atom. The molecule has 1 atom stereocenters. The average molecular weight is 368 g/mol. The molecule has 1 aromatic carbocycles. The summed E-state index contributed by atoms with van der Waals surface area (Å²) in [6, 6.07) is 5.01. The number of benzene rings is 1. The van der Waals surface area contributed by atoms with E-state index in [4.69, 9.17) is 11.6 Å². The first kappa shape index (κ1) is 15.3. The molecule has 7 heteroatoms. The van der Waals surface area contributed by atoms with Gasteiger partial charge in [0.2, 0.25) is 10.0 Å². The SMILES string of the molecule is CNCC1CCN(S(=O)(=O)c2c(Cl)cccc2Br)C1. The lowest BCUT2D eigenvalue weighted by Crippen LogP contribution is -2.30. The molecule has 2 rings (SSSR count). The van der Waals surface area contributed by atoms with Crippen LogP contribution in [0.15, 0.2) is 27.6 Å². The van der Waals surface area contributed by atoms with E-state index < -0.39 is 10.0 Å². The predicted molar refractivity (Wildman–Crippen MR) is 79.9 cm³/mol. The number of hydrogen-bond donors (Lipinski definition) is 1. The Hall–Kier alpha value is -0.140. The van der Waals surface area contributed by atoms with Gasteiger partial charge in [0.1, 0.15) is 4.90 Å². The Morgan fingerprint density at radius 2 is 2.26 bits per heavy atom. The first-order chi connectivity index (χ1) is 8.96. The fourth-order valence-corrected chi connectivity index (χ4v) is 5.53. The monoisotopic (exact) mass is 366 g/mol. The molecular weight excluding hydrogens is 352 g/mol. The number of sulfonamides is 1. The van der Waals surface area contributed by atoms with Gasteiger partial charge in [-0.2, -0.15) is 4.31 Å². The molecule has 1 aliphatic heterocycles. The van der Waals surface area contributed by atoms with E-state index in [1.54, 1.807) is 18.2 Å². The minimum absolute atomic E-state index is 0.168. The van der Waals surface area contributed by atoms with Gasteiger partial charge in [0.25, 0.3) is 0 Å². The van der Waals surface area contributed by atoms with Crippen molar-refractivity contribution < 1.29 is 8.42 Å². The molecule has 106 valence electrons. The molecule has 0 radical (unpaired) electrons. The van der Waals surface area contributed by atoms with Crippen LogP contribution in [0.1, 0.15) is 6.42 Å². The van der Waals surface area contributed by atoms with Crippen LogP contribution in [0.3, 0.4) is 0 Å². The summed E-state index contributed by atoms with van der Waals surface area (Å²) in [5, 5.41) is 3.34. The van der Waals surface area contributed by atoms with Crippen LogP contribution in [-0.4, -0.2) is 39.4 Å². The summed E-state index contributed by atoms with van der Waals surface area (Å²) in [4.78, 5) is 0.168. The van der Waals surface area contributed by atoms with Crippen LogP contribution in [-0.2, 0) is 10.0 Å². The lowest BCUT2D eigenvalue weighted by atomic mass is 10.1. The van der Waals surface area contributed by atoms with Gasteiger partial charge in [0.05, 0.1) is 5.02 Å². The minimum atomic E-state index is -3.52. The summed E-state index contributed by atoms with van der Waals surface area (Å²) in [7, 11) is -1.65. The highest BCUT2D eigenvalue weighted by Gasteiger charge is 2.34. The first-order valence-electron chi connectivity index (χ1n) is 6.05. The van der Waals surface area contributed by atoms with Crippen molar-refractivity contribution in [3.05, 3.63) is 27.7 Å². The second-order valence-corrected chi connectivity index (χ2v) is 7.76. The van der Waals surface area contributed by atoms with Crippen molar-refractivity contribution in [3.63, 3.8) is 0 Å². The fraction of sp³-hybridized carbons (Fsp3) is 0.500. The molecule has 1 N–H and O–H groups in total. The molecule has 1 fully saturated rings. The zero-order valence-electron chi connectivity index (χ0n) is 10.6. The zero-order chi connectivity index (χ0) is 14.0. The van der Waals surface area contributed by atoms with Crippen molar-refractivity contribution in [1.82, 2.24) is 9.62 Å². The molecule has 1 aromatic rings. The van der Waals surface area contributed by atoms with Crippen LogP contribution in [0.25, 0.3) is 0 Å². The maximum atomic E-state index is 12.6. The normalized spacial score (nSPS) is 20.9. The number of nitrogens with zero attached hydrogens (tertiary/aromatic N) is 1. The van der Waals surface area contributed by atoms with Crippen molar-refractivity contribution >= 4 is 37.6 Å². The topological polar surface area (TPSA) is 49.4 Å². The summed E-state index contributed by atoms with van der Waals surface area (Å²) in [5.41, 5.74) is 0. The van der Waals surface area contributed by atoms with Gasteiger partial charge >= 0.3 is 0 Å². The van der Waals surface area contributed by atoms with Gasteiger partial charge in [0.15, 0.2) is 0 Å². The molecule has 0 spiro atoms. The summed E-state index contributed by atoms with van der Waals surface area (Å²) >= 11 is 9.32. The predicted octanol–water partition coefficient (Wildman–Crippen LogP) is 2.33. The molecule has 0 aliphatic carbocycles. The first-order valence-corrected chi connectivity index (χ1v) is 8.66. The van der Waals surface area contributed by atoms with E-state index >= 15 is 0 Å². The summed E-state index contributed by atoms with van der Waals surface area (Å²) in [6.45, 7) is 1.92. The van der Waals surface area contributed by atoms with Crippen LogP contribution in [0.4, 0.5) is 0 Å². The highest BCUT2D eigenvalue weighted by molar-refractivity contribution is 9.10. The second-order valence-electron chi connectivity index (χ2n) is 4.63. The van der Waals surface area contributed by atoms with Gasteiger partial charge in [-0.15, -0.1) is 0 Å². The van der Waals surface area contributed by atoms with Crippen LogP contribution < -0.4 is 5.32 Å². The van der Waals surface area contributed by atoms with E-state index in [-0.39, 0.29) is 9.92 Å². The Labute approximate surface area is 127 Å². The summed E-state index contributed by atoms with van der Waals surface area (Å²) in [6.07, 6.45) is 0.877. The number of rotatable bonds is 4.